The summed E-state index contributed by atoms with van der Waals surface area (Å²) in [4.78, 5) is 11.3. The first-order valence-corrected chi connectivity index (χ1v) is 7.28. The molecule has 0 aromatic carbocycles. The topological polar surface area (TPSA) is 26.3 Å². The lowest BCUT2D eigenvalue weighted by Crippen LogP contribution is -2.09. The van der Waals surface area contributed by atoms with Crippen molar-refractivity contribution >= 4 is 5.97 Å². The summed E-state index contributed by atoms with van der Waals surface area (Å²) in [6.07, 6.45) is 12.7. The van der Waals surface area contributed by atoms with Gasteiger partial charge >= 0.3 is 5.97 Å². The molecule has 99 valence electrons. The standard InChI is InChI=1S/C15H27O2/c1-2-3-5-12-15(16)17-13-8-11-14-9-6-4-7-10-14/h14H,1-13H2. The van der Waals surface area contributed by atoms with Crippen molar-refractivity contribution in [3.05, 3.63) is 6.92 Å². The fourth-order valence-corrected chi connectivity index (χ4v) is 2.55. The van der Waals surface area contributed by atoms with Crippen LogP contribution in [-0.2, 0) is 9.53 Å². The van der Waals surface area contributed by atoms with Gasteiger partial charge in [0, 0.05) is 6.42 Å². The molecule has 0 saturated heterocycles. The number of hydrogen-bond acceptors (Lipinski definition) is 2. The van der Waals surface area contributed by atoms with E-state index in [9.17, 15) is 4.79 Å². The van der Waals surface area contributed by atoms with Gasteiger partial charge < -0.3 is 4.74 Å². The highest BCUT2D eigenvalue weighted by atomic mass is 16.5. The molecule has 1 saturated carbocycles. The van der Waals surface area contributed by atoms with E-state index in [4.69, 9.17) is 4.74 Å². The molecule has 0 aliphatic heterocycles. The summed E-state index contributed by atoms with van der Waals surface area (Å²) < 4.78 is 5.22. The number of carbonyl (C=O) groups excluding carboxylic acids is 1. The predicted octanol–water partition coefficient (Wildman–Crippen LogP) is 4.28. The van der Waals surface area contributed by atoms with Crippen LogP contribution in [0.2, 0.25) is 0 Å². The van der Waals surface area contributed by atoms with Crippen molar-refractivity contribution in [3.8, 4) is 0 Å². The molecule has 0 bridgehead atoms. The average Bonchev–Trinajstić information content (AvgIpc) is 2.36. The summed E-state index contributed by atoms with van der Waals surface area (Å²) in [7, 11) is 0. The van der Waals surface area contributed by atoms with Crippen LogP contribution in [0, 0.1) is 12.8 Å². The summed E-state index contributed by atoms with van der Waals surface area (Å²) in [6.45, 7) is 4.38. The zero-order valence-electron chi connectivity index (χ0n) is 11.1. The molecule has 2 nitrogen and oxygen atoms in total. The van der Waals surface area contributed by atoms with Crippen LogP contribution in [0.25, 0.3) is 0 Å². The summed E-state index contributed by atoms with van der Waals surface area (Å²) in [5.41, 5.74) is 0. The van der Waals surface area contributed by atoms with Gasteiger partial charge in [-0.05, 0) is 25.2 Å². The number of carbonyl (C=O) groups is 1. The molecular weight excluding hydrogens is 212 g/mol. The quantitative estimate of drug-likeness (QED) is 0.466. The average molecular weight is 239 g/mol. The highest BCUT2D eigenvalue weighted by Gasteiger charge is 2.12. The number of esters is 1. The molecule has 0 aromatic rings. The third kappa shape index (κ3) is 7.40. The largest absolute Gasteiger partial charge is 0.466 e. The van der Waals surface area contributed by atoms with Crippen LogP contribution in [0.15, 0.2) is 0 Å². The molecule has 1 aliphatic rings. The van der Waals surface area contributed by atoms with E-state index in [2.05, 4.69) is 6.92 Å². The third-order valence-electron chi connectivity index (χ3n) is 3.63. The Labute approximate surface area is 106 Å². The lowest BCUT2D eigenvalue weighted by molar-refractivity contribution is -0.144. The summed E-state index contributed by atoms with van der Waals surface area (Å²) in [5, 5.41) is 0. The van der Waals surface area contributed by atoms with Crippen molar-refractivity contribution in [3.63, 3.8) is 0 Å². The minimum atomic E-state index is -0.0258. The van der Waals surface area contributed by atoms with Crippen LogP contribution < -0.4 is 0 Å². The molecular formula is C15H27O2. The Morgan fingerprint density at radius 3 is 2.59 bits per heavy atom. The van der Waals surface area contributed by atoms with Crippen LogP contribution in [0.1, 0.15) is 70.6 Å². The van der Waals surface area contributed by atoms with Gasteiger partial charge in [-0.1, -0.05) is 51.9 Å². The molecule has 0 heterocycles. The van der Waals surface area contributed by atoms with Crippen molar-refractivity contribution in [2.75, 3.05) is 6.61 Å². The molecule has 1 fully saturated rings. The Bertz CT molecular complexity index is 195. The van der Waals surface area contributed by atoms with Gasteiger partial charge in [0.15, 0.2) is 0 Å². The fraction of sp³-hybridized carbons (Fsp3) is 0.867. The number of unbranched alkanes of at least 4 members (excludes halogenated alkanes) is 2. The highest BCUT2D eigenvalue weighted by Crippen LogP contribution is 2.27. The molecule has 0 atom stereocenters. The van der Waals surface area contributed by atoms with Crippen LogP contribution in [0.5, 0.6) is 0 Å². The van der Waals surface area contributed by atoms with E-state index in [-0.39, 0.29) is 5.97 Å². The van der Waals surface area contributed by atoms with E-state index in [0.29, 0.717) is 13.0 Å². The first-order valence-electron chi connectivity index (χ1n) is 7.28. The maximum Gasteiger partial charge on any atom is 0.305 e. The van der Waals surface area contributed by atoms with Crippen molar-refractivity contribution < 1.29 is 9.53 Å². The fourth-order valence-electron chi connectivity index (χ4n) is 2.55. The lowest BCUT2D eigenvalue weighted by Gasteiger charge is -2.21. The second-order valence-electron chi connectivity index (χ2n) is 5.18. The van der Waals surface area contributed by atoms with Gasteiger partial charge in [0.05, 0.1) is 6.61 Å². The zero-order valence-corrected chi connectivity index (χ0v) is 11.1. The van der Waals surface area contributed by atoms with Gasteiger partial charge in [-0.25, -0.2) is 0 Å². The Hall–Kier alpha value is -0.530. The molecule has 1 rings (SSSR count). The van der Waals surface area contributed by atoms with Gasteiger partial charge in [0.25, 0.3) is 0 Å². The monoisotopic (exact) mass is 239 g/mol. The normalized spacial score (nSPS) is 17.0. The molecule has 0 spiro atoms. The van der Waals surface area contributed by atoms with E-state index in [1.165, 1.54) is 38.5 Å². The molecule has 0 unspecified atom stereocenters. The molecule has 1 radical (unpaired) electrons. The Kier molecular flexibility index (Phi) is 8.12. The summed E-state index contributed by atoms with van der Waals surface area (Å²) in [5.74, 6) is 0.871. The predicted molar refractivity (Wildman–Crippen MR) is 70.6 cm³/mol. The van der Waals surface area contributed by atoms with Crippen molar-refractivity contribution in [1.29, 1.82) is 0 Å². The minimum absolute atomic E-state index is 0.0258. The molecule has 0 N–H and O–H groups in total. The van der Waals surface area contributed by atoms with Crippen molar-refractivity contribution in [2.24, 2.45) is 5.92 Å². The van der Waals surface area contributed by atoms with Crippen LogP contribution in [0.4, 0.5) is 0 Å². The number of ether oxygens (including phenoxy) is 1. The van der Waals surface area contributed by atoms with Gasteiger partial charge in [0.1, 0.15) is 0 Å². The second-order valence-corrected chi connectivity index (χ2v) is 5.18. The number of rotatable bonds is 8. The molecule has 0 aromatic heterocycles. The van der Waals surface area contributed by atoms with Gasteiger partial charge in [-0.3, -0.25) is 4.79 Å². The lowest BCUT2D eigenvalue weighted by atomic mass is 9.86. The first kappa shape index (κ1) is 14.5. The Morgan fingerprint density at radius 1 is 1.12 bits per heavy atom. The molecule has 0 amide bonds. The smallest absolute Gasteiger partial charge is 0.305 e. The van der Waals surface area contributed by atoms with Crippen molar-refractivity contribution in [2.45, 2.75) is 70.6 Å². The van der Waals surface area contributed by atoms with Crippen LogP contribution >= 0.6 is 0 Å². The molecule has 1 aliphatic carbocycles. The van der Waals surface area contributed by atoms with E-state index in [0.717, 1.165) is 31.6 Å². The summed E-state index contributed by atoms with van der Waals surface area (Å²) in [6, 6.07) is 0. The Balaban J connectivity index is 1.90. The van der Waals surface area contributed by atoms with E-state index in [1.807, 2.05) is 0 Å². The maximum atomic E-state index is 11.3. The van der Waals surface area contributed by atoms with Crippen LogP contribution in [-0.4, -0.2) is 12.6 Å². The number of hydrogen-bond donors (Lipinski definition) is 0. The highest BCUT2D eigenvalue weighted by molar-refractivity contribution is 5.69. The van der Waals surface area contributed by atoms with Crippen LogP contribution in [0.3, 0.4) is 0 Å². The zero-order chi connectivity index (χ0) is 12.3. The molecule has 2 heteroatoms. The first-order chi connectivity index (χ1) is 8.33. The van der Waals surface area contributed by atoms with Crippen molar-refractivity contribution in [1.82, 2.24) is 0 Å². The van der Waals surface area contributed by atoms with E-state index >= 15 is 0 Å². The van der Waals surface area contributed by atoms with E-state index in [1.54, 1.807) is 0 Å². The summed E-state index contributed by atoms with van der Waals surface area (Å²) >= 11 is 0. The second kappa shape index (κ2) is 9.49. The Morgan fingerprint density at radius 2 is 1.88 bits per heavy atom. The SMILES string of the molecule is [CH2]CCCCC(=O)OCCCC1CCCCC1. The van der Waals surface area contributed by atoms with Gasteiger partial charge in [-0.2, -0.15) is 0 Å². The van der Waals surface area contributed by atoms with Gasteiger partial charge in [0.2, 0.25) is 0 Å². The third-order valence-corrected chi connectivity index (χ3v) is 3.63. The minimum Gasteiger partial charge on any atom is -0.466 e. The van der Waals surface area contributed by atoms with Gasteiger partial charge in [-0.15, -0.1) is 0 Å². The molecule has 17 heavy (non-hydrogen) atoms. The van der Waals surface area contributed by atoms with E-state index < -0.39 is 0 Å². The maximum absolute atomic E-state index is 11.3.